The first-order chi connectivity index (χ1) is 8.55. The fourth-order valence-corrected chi connectivity index (χ4v) is 3.25. The summed E-state index contributed by atoms with van der Waals surface area (Å²) in [5.41, 5.74) is 10.7. The van der Waals surface area contributed by atoms with Crippen molar-refractivity contribution in [3.05, 3.63) is 0 Å². The molecule has 0 spiro atoms. The minimum absolute atomic E-state index is 0.338. The lowest BCUT2D eigenvalue weighted by Gasteiger charge is -2.37. The summed E-state index contributed by atoms with van der Waals surface area (Å²) in [6, 6.07) is 0.394. The largest absolute Gasteiger partial charge is 0.377 e. The van der Waals surface area contributed by atoms with Crippen molar-refractivity contribution in [1.29, 1.82) is 0 Å². The molecule has 1 saturated carbocycles. The van der Waals surface area contributed by atoms with E-state index in [0.717, 1.165) is 39.0 Å². The average molecular weight is 255 g/mol. The number of likely N-dealkylation sites (tertiary alicyclic amines) is 1. The Morgan fingerprint density at radius 1 is 1.50 bits per heavy atom. The van der Waals surface area contributed by atoms with E-state index in [9.17, 15) is 4.79 Å². The van der Waals surface area contributed by atoms with Crippen LogP contribution in [0.5, 0.6) is 0 Å². The van der Waals surface area contributed by atoms with Crippen LogP contribution in [0, 0.1) is 0 Å². The molecule has 1 aliphatic heterocycles. The van der Waals surface area contributed by atoms with E-state index in [0.29, 0.717) is 25.0 Å². The van der Waals surface area contributed by atoms with Gasteiger partial charge in [0.2, 0.25) is 5.91 Å². The van der Waals surface area contributed by atoms with Gasteiger partial charge in [0.25, 0.3) is 0 Å². The highest BCUT2D eigenvalue weighted by Crippen LogP contribution is 2.32. The molecule has 1 amide bonds. The minimum Gasteiger partial charge on any atom is -0.377 e. The Bertz CT molecular complexity index is 309. The summed E-state index contributed by atoms with van der Waals surface area (Å²) in [5, 5.41) is 0. The maximum atomic E-state index is 11.4. The molecule has 2 aliphatic rings. The number of primary amides is 1. The van der Waals surface area contributed by atoms with E-state index >= 15 is 0 Å². The second-order valence-electron chi connectivity index (χ2n) is 5.63. The molecule has 18 heavy (non-hydrogen) atoms. The maximum absolute atomic E-state index is 11.4. The number of hydrogen-bond donors (Lipinski definition) is 2. The van der Waals surface area contributed by atoms with Crippen LogP contribution >= 0.6 is 0 Å². The quantitative estimate of drug-likeness (QED) is 0.753. The number of carbonyl (C=O) groups excluding carboxylic acids is 1. The zero-order valence-electron chi connectivity index (χ0n) is 11.2. The minimum atomic E-state index is -0.788. The van der Waals surface area contributed by atoms with E-state index in [1.54, 1.807) is 0 Å². The van der Waals surface area contributed by atoms with Crippen LogP contribution in [0.3, 0.4) is 0 Å². The number of ether oxygens (including phenoxy) is 1. The van der Waals surface area contributed by atoms with Crippen molar-refractivity contribution in [1.82, 2.24) is 4.90 Å². The van der Waals surface area contributed by atoms with Gasteiger partial charge in [-0.15, -0.1) is 0 Å². The van der Waals surface area contributed by atoms with Gasteiger partial charge in [0.05, 0.1) is 11.6 Å². The summed E-state index contributed by atoms with van der Waals surface area (Å²) >= 11 is 0. The summed E-state index contributed by atoms with van der Waals surface area (Å²) in [5.74, 6) is -0.358. The highest BCUT2D eigenvalue weighted by molar-refractivity contribution is 5.84. The first kappa shape index (κ1) is 13.8. The van der Waals surface area contributed by atoms with Gasteiger partial charge in [0.15, 0.2) is 0 Å². The normalized spacial score (nSPS) is 37.9. The lowest BCUT2D eigenvalue weighted by Crippen LogP contribution is -2.52. The summed E-state index contributed by atoms with van der Waals surface area (Å²) in [6.07, 6.45) is 5.02. The van der Waals surface area contributed by atoms with E-state index in [2.05, 4.69) is 4.90 Å². The van der Waals surface area contributed by atoms with Crippen molar-refractivity contribution in [3.8, 4) is 0 Å². The molecule has 5 nitrogen and oxygen atoms in total. The molecule has 0 aromatic heterocycles. The van der Waals surface area contributed by atoms with Gasteiger partial charge in [-0.1, -0.05) is 0 Å². The second kappa shape index (κ2) is 5.55. The molecule has 0 aromatic rings. The molecule has 3 unspecified atom stereocenters. The van der Waals surface area contributed by atoms with Crippen LogP contribution in [0.1, 0.15) is 39.0 Å². The number of hydrogen-bond acceptors (Lipinski definition) is 4. The van der Waals surface area contributed by atoms with Gasteiger partial charge in [-0.3, -0.25) is 9.69 Å². The predicted molar refractivity (Wildman–Crippen MR) is 70.0 cm³/mol. The highest BCUT2D eigenvalue weighted by atomic mass is 16.5. The molecule has 2 rings (SSSR count). The van der Waals surface area contributed by atoms with Gasteiger partial charge in [-0.05, 0) is 45.6 Å². The Hall–Kier alpha value is -0.650. The van der Waals surface area contributed by atoms with Crippen molar-refractivity contribution in [2.24, 2.45) is 11.5 Å². The Balaban J connectivity index is 1.91. The van der Waals surface area contributed by atoms with Crippen LogP contribution in [-0.4, -0.2) is 48.2 Å². The Morgan fingerprint density at radius 2 is 2.28 bits per heavy atom. The third kappa shape index (κ3) is 2.84. The third-order valence-corrected chi connectivity index (χ3v) is 4.34. The first-order valence-corrected chi connectivity index (χ1v) is 6.99. The highest BCUT2D eigenvalue weighted by Gasteiger charge is 2.43. The van der Waals surface area contributed by atoms with E-state index in [-0.39, 0.29) is 5.91 Å². The third-order valence-electron chi connectivity index (χ3n) is 4.34. The molecular weight excluding hydrogens is 230 g/mol. The SMILES string of the molecule is CCOC1CCCN(C2CCC(N)(C(N)=O)C2)C1. The zero-order valence-corrected chi connectivity index (χ0v) is 11.2. The number of carbonyl (C=O) groups is 1. The number of amides is 1. The fraction of sp³-hybridized carbons (Fsp3) is 0.923. The summed E-state index contributed by atoms with van der Waals surface area (Å²) in [4.78, 5) is 13.8. The molecule has 1 heterocycles. The molecular formula is C13H25N3O2. The Morgan fingerprint density at radius 3 is 2.89 bits per heavy atom. The van der Waals surface area contributed by atoms with Crippen molar-refractivity contribution >= 4 is 5.91 Å². The number of nitrogens with zero attached hydrogens (tertiary/aromatic N) is 1. The molecule has 0 bridgehead atoms. The van der Waals surface area contributed by atoms with E-state index in [1.165, 1.54) is 0 Å². The number of piperidine rings is 1. The van der Waals surface area contributed by atoms with Crippen molar-refractivity contribution in [3.63, 3.8) is 0 Å². The predicted octanol–water partition coefficient (Wildman–Crippen LogP) is 0.223. The molecule has 1 saturated heterocycles. The molecule has 1 aliphatic carbocycles. The van der Waals surface area contributed by atoms with Crippen LogP contribution < -0.4 is 11.5 Å². The van der Waals surface area contributed by atoms with Crippen molar-refractivity contribution < 1.29 is 9.53 Å². The summed E-state index contributed by atoms with van der Waals surface area (Å²) in [6.45, 7) is 4.86. The van der Waals surface area contributed by atoms with Crippen LogP contribution in [-0.2, 0) is 9.53 Å². The Kier molecular flexibility index (Phi) is 4.25. The fourth-order valence-electron chi connectivity index (χ4n) is 3.25. The van der Waals surface area contributed by atoms with Crippen LogP contribution in [0.25, 0.3) is 0 Å². The van der Waals surface area contributed by atoms with Gasteiger partial charge >= 0.3 is 0 Å². The molecule has 3 atom stereocenters. The standard InChI is InChI=1S/C13H25N3O2/c1-2-18-11-4-3-7-16(9-11)10-5-6-13(15,8-10)12(14)17/h10-11H,2-9,15H2,1H3,(H2,14,17). The second-order valence-corrected chi connectivity index (χ2v) is 5.63. The van der Waals surface area contributed by atoms with Crippen LogP contribution in [0.2, 0.25) is 0 Å². The molecule has 0 aromatic carbocycles. The summed E-state index contributed by atoms with van der Waals surface area (Å²) in [7, 11) is 0. The van der Waals surface area contributed by atoms with E-state index in [1.807, 2.05) is 6.92 Å². The van der Waals surface area contributed by atoms with Gasteiger partial charge in [-0.25, -0.2) is 0 Å². The first-order valence-electron chi connectivity index (χ1n) is 6.99. The van der Waals surface area contributed by atoms with Gasteiger partial charge in [-0.2, -0.15) is 0 Å². The molecule has 2 fully saturated rings. The smallest absolute Gasteiger partial charge is 0.237 e. The lowest BCUT2D eigenvalue weighted by atomic mass is 9.97. The monoisotopic (exact) mass is 255 g/mol. The Labute approximate surface area is 109 Å². The molecule has 104 valence electrons. The van der Waals surface area contributed by atoms with Crippen molar-refractivity contribution in [2.75, 3.05) is 19.7 Å². The molecule has 0 radical (unpaired) electrons. The van der Waals surface area contributed by atoms with Gasteiger partial charge < -0.3 is 16.2 Å². The van der Waals surface area contributed by atoms with Crippen LogP contribution in [0.15, 0.2) is 0 Å². The van der Waals surface area contributed by atoms with E-state index in [4.69, 9.17) is 16.2 Å². The zero-order chi connectivity index (χ0) is 13.2. The summed E-state index contributed by atoms with van der Waals surface area (Å²) < 4.78 is 5.71. The van der Waals surface area contributed by atoms with E-state index < -0.39 is 5.54 Å². The number of rotatable bonds is 4. The number of nitrogens with two attached hydrogens (primary N) is 2. The lowest BCUT2D eigenvalue weighted by molar-refractivity contribution is -0.123. The topological polar surface area (TPSA) is 81.6 Å². The molecule has 5 heteroatoms. The average Bonchev–Trinajstić information content (AvgIpc) is 2.74. The molecule has 4 N–H and O–H groups in total. The van der Waals surface area contributed by atoms with Crippen molar-refractivity contribution in [2.45, 2.75) is 56.7 Å². The van der Waals surface area contributed by atoms with Crippen LogP contribution in [0.4, 0.5) is 0 Å². The van der Waals surface area contributed by atoms with Gasteiger partial charge in [0, 0.05) is 19.2 Å². The van der Waals surface area contributed by atoms with Gasteiger partial charge in [0.1, 0.15) is 0 Å². The maximum Gasteiger partial charge on any atom is 0.237 e.